The van der Waals surface area contributed by atoms with Crippen LogP contribution >= 0.6 is 23.1 Å². The third kappa shape index (κ3) is 3.60. The number of thioether (sulfide) groups is 1. The summed E-state index contributed by atoms with van der Waals surface area (Å²) in [5.41, 5.74) is 4.26. The fraction of sp³-hybridized carbons (Fsp3) is 0.273. The molecule has 1 aliphatic rings. The number of aromatic nitrogens is 3. The minimum Gasteiger partial charge on any atom is -0.352 e. The molecular weight excluding hydrogens is 400 g/mol. The van der Waals surface area contributed by atoms with E-state index in [0.717, 1.165) is 52.5 Å². The van der Waals surface area contributed by atoms with Gasteiger partial charge in [0.15, 0.2) is 0 Å². The number of aryl methyl sites for hydroxylation is 1. The van der Waals surface area contributed by atoms with Crippen molar-refractivity contribution in [2.24, 2.45) is 0 Å². The van der Waals surface area contributed by atoms with E-state index < -0.39 is 0 Å². The number of benzene rings is 1. The van der Waals surface area contributed by atoms with Crippen LogP contribution in [0.5, 0.6) is 0 Å². The predicted molar refractivity (Wildman–Crippen MR) is 120 cm³/mol. The Balaban J connectivity index is 1.29. The first kappa shape index (κ1) is 18.5. The molecule has 148 valence electrons. The lowest BCUT2D eigenvalue weighted by atomic mass is 10.1. The molecule has 1 N–H and O–H groups in total. The summed E-state index contributed by atoms with van der Waals surface area (Å²) in [6.07, 6.45) is 7.76. The molecule has 5 nitrogen and oxygen atoms in total. The van der Waals surface area contributed by atoms with Gasteiger partial charge in [-0.2, -0.15) is 11.8 Å². The molecule has 4 heterocycles. The molecule has 0 saturated heterocycles. The summed E-state index contributed by atoms with van der Waals surface area (Å²) in [7, 11) is 0. The van der Waals surface area contributed by atoms with Crippen molar-refractivity contribution in [2.45, 2.75) is 25.1 Å². The molecule has 3 aromatic heterocycles. The highest BCUT2D eigenvalue weighted by Crippen LogP contribution is 2.38. The molecule has 4 aromatic rings. The van der Waals surface area contributed by atoms with Crippen molar-refractivity contribution in [3.63, 3.8) is 0 Å². The van der Waals surface area contributed by atoms with Gasteiger partial charge in [0.05, 0.1) is 22.9 Å². The molecule has 1 aliphatic heterocycles. The van der Waals surface area contributed by atoms with Crippen molar-refractivity contribution >= 4 is 40.0 Å². The average Bonchev–Trinajstić information content (AvgIpc) is 3.49. The number of nitrogens with one attached hydrogen (secondary N) is 1. The minimum atomic E-state index is 0.0496. The first-order chi connectivity index (χ1) is 14.3. The Labute approximate surface area is 177 Å². The van der Waals surface area contributed by atoms with Crippen molar-refractivity contribution in [1.82, 2.24) is 19.4 Å². The van der Waals surface area contributed by atoms with Gasteiger partial charge in [0.25, 0.3) is 5.91 Å². The van der Waals surface area contributed by atoms with Gasteiger partial charge < -0.3 is 14.5 Å². The molecule has 0 atom stereocenters. The molecule has 0 fully saturated rings. The molecule has 1 aromatic carbocycles. The van der Waals surface area contributed by atoms with E-state index in [9.17, 15) is 4.79 Å². The first-order valence-electron chi connectivity index (χ1n) is 9.85. The zero-order valence-corrected chi connectivity index (χ0v) is 17.6. The van der Waals surface area contributed by atoms with Crippen LogP contribution in [0, 0.1) is 0 Å². The van der Waals surface area contributed by atoms with Crippen LogP contribution in [0.25, 0.3) is 16.0 Å². The van der Waals surface area contributed by atoms with Gasteiger partial charge in [-0.25, -0.2) is 4.98 Å². The maximum absolute atomic E-state index is 13.1. The van der Waals surface area contributed by atoms with Crippen LogP contribution in [0.1, 0.15) is 27.2 Å². The summed E-state index contributed by atoms with van der Waals surface area (Å²) in [4.78, 5) is 18.9. The molecule has 0 saturated carbocycles. The first-order valence-corrected chi connectivity index (χ1v) is 11.8. The van der Waals surface area contributed by atoms with Gasteiger partial charge in [-0.3, -0.25) is 4.79 Å². The topological polar surface area (TPSA) is 51.9 Å². The summed E-state index contributed by atoms with van der Waals surface area (Å²) in [5.74, 6) is 2.14. The number of carbonyl (C=O) groups excluding carboxylic acids is 1. The second-order valence-electron chi connectivity index (χ2n) is 7.11. The number of rotatable bonds is 6. The summed E-state index contributed by atoms with van der Waals surface area (Å²) < 4.78 is 4.22. The summed E-state index contributed by atoms with van der Waals surface area (Å²) in [6, 6.07) is 12.1. The summed E-state index contributed by atoms with van der Waals surface area (Å²) >= 11 is 3.71. The fourth-order valence-electron chi connectivity index (χ4n) is 3.83. The maximum Gasteiger partial charge on any atom is 0.254 e. The molecular formula is C22H22N4OS2. The SMILES string of the molecule is O=C(NCCCn1cnc2ccccc21)c1c(-n2cccc2)sc2c1CCSC2. The number of thiophene rings is 1. The molecule has 29 heavy (non-hydrogen) atoms. The van der Waals surface area contributed by atoms with Gasteiger partial charge in [0.1, 0.15) is 5.00 Å². The normalized spacial score (nSPS) is 13.5. The van der Waals surface area contributed by atoms with Gasteiger partial charge in [-0.05, 0) is 48.4 Å². The number of amides is 1. The lowest BCUT2D eigenvalue weighted by Gasteiger charge is -2.13. The summed E-state index contributed by atoms with van der Waals surface area (Å²) in [6.45, 7) is 1.49. The number of nitrogens with zero attached hydrogens (tertiary/aromatic N) is 3. The zero-order valence-electron chi connectivity index (χ0n) is 16.0. The number of fused-ring (bicyclic) bond motifs is 2. The van der Waals surface area contributed by atoms with E-state index in [0.29, 0.717) is 6.54 Å². The van der Waals surface area contributed by atoms with E-state index in [-0.39, 0.29) is 5.91 Å². The van der Waals surface area contributed by atoms with Gasteiger partial charge in [0.2, 0.25) is 0 Å². The van der Waals surface area contributed by atoms with Crippen LogP contribution in [-0.4, -0.2) is 32.3 Å². The number of imidazole rings is 1. The largest absolute Gasteiger partial charge is 0.352 e. The maximum atomic E-state index is 13.1. The minimum absolute atomic E-state index is 0.0496. The predicted octanol–water partition coefficient (Wildman–Crippen LogP) is 4.50. The molecule has 1 amide bonds. The molecule has 0 aliphatic carbocycles. The Hall–Kier alpha value is -2.51. The number of para-hydroxylation sites is 2. The Bertz CT molecular complexity index is 1140. The molecule has 7 heteroatoms. The molecule has 0 radical (unpaired) electrons. The quantitative estimate of drug-likeness (QED) is 0.466. The zero-order chi connectivity index (χ0) is 19.6. The van der Waals surface area contributed by atoms with E-state index in [1.165, 1.54) is 10.4 Å². The van der Waals surface area contributed by atoms with Crippen LogP contribution in [-0.2, 0) is 18.7 Å². The van der Waals surface area contributed by atoms with E-state index in [1.54, 1.807) is 11.3 Å². The highest BCUT2D eigenvalue weighted by molar-refractivity contribution is 7.98. The average molecular weight is 423 g/mol. The number of carbonyl (C=O) groups is 1. The van der Waals surface area contributed by atoms with E-state index in [2.05, 4.69) is 25.5 Å². The van der Waals surface area contributed by atoms with Crippen LogP contribution < -0.4 is 5.32 Å². The van der Waals surface area contributed by atoms with Crippen molar-refractivity contribution in [3.8, 4) is 5.00 Å². The second-order valence-corrected chi connectivity index (χ2v) is 9.30. The van der Waals surface area contributed by atoms with E-state index >= 15 is 0 Å². The van der Waals surface area contributed by atoms with Crippen molar-refractivity contribution < 1.29 is 4.79 Å². The van der Waals surface area contributed by atoms with E-state index in [4.69, 9.17) is 0 Å². The van der Waals surface area contributed by atoms with E-state index in [1.807, 2.05) is 60.8 Å². The van der Waals surface area contributed by atoms with Crippen LogP contribution in [0.3, 0.4) is 0 Å². The molecule has 0 bridgehead atoms. The molecule has 0 spiro atoms. The van der Waals surface area contributed by atoms with Gasteiger partial charge in [-0.15, -0.1) is 11.3 Å². The lowest BCUT2D eigenvalue weighted by Crippen LogP contribution is -2.27. The van der Waals surface area contributed by atoms with Gasteiger partial charge >= 0.3 is 0 Å². The fourth-order valence-corrected chi connectivity index (χ4v) is 6.28. The third-order valence-corrected chi connectivity index (χ3v) is 7.67. The number of hydrogen-bond acceptors (Lipinski definition) is 4. The Morgan fingerprint density at radius 1 is 1.17 bits per heavy atom. The van der Waals surface area contributed by atoms with Crippen molar-refractivity contribution in [2.75, 3.05) is 12.3 Å². The Morgan fingerprint density at radius 2 is 2.03 bits per heavy atom. The van der Waals surface area contributed by atoms with Gasteiger partial charge in [-0.1, -0.05) is 12.1 Å². The number of hydrogen-bond donors (Lipinski definition) is 1. The highest BCUT2D eigenvalue weighted by Gasteiger charge is 2.26. The lowest BCUT2D eigenvalue weighted by molar-refractivity contribution is 0.0952. The summed E-state index contributed by atoms with van der Waals surface area (Å²) in [5, 5.41) is 4.20. The van der Waals surface area contributed by atoms with Crippen molar-refractivity contribution in [3.05, 3.63) is 71.1 Å². The van der Waals surface area contributed by atoms with Crippen LogP contribution in [0.15, 0.2) is 55.1 Å². The monoisotopic (exact) mass is 422 g/mol. The Morgan fingerprint density at radius 3 is 2.93 bits per heavy atom. The molecule has 5 rings (SSSR count). The standard InChI is InChI=1S/C22H22N4OS2/c27-21(23-9-5-12-26-15-24-17-6-1-2-7-18(17)26)20-16-8-13-28-14-19(16)29-22(20)25-10-3-4-11-25/h1-4,6-7,10-11,15H,5,8-9,12-14H2,(H,23,27). The smallest absolute Gasteiger partial charge is 0.254 e. The van der Waals surface area contributed by atoms with Crippen LogP contribution in [0.2, 0.25) is 0 Å². The Kier molecular flexibility index (Phi) is 5.16. The molecule has 0 unspecified atom stereocenters. The third-order valence-electron chi connectivity index (χ3n) is 5.26. The van der Waals surface area contributed by atoms with Crippen molar-refractivity contribution in [1.29, 1.82) is 0 Å². The van der Waals surface area contributed by atoms with Crippen LogP contribution in [0.4, 0.5) is 0 Å². The second kappa shape index (κ2) is 8.08. The highest BCUT2D eigenvalue weighted by atomic mass is 32.2. The van der Waals surface area contributed by atoms with Gasteiger partial charge in [0, 0.05) is 36.1 Å².